The van der Waals surface area contributed by atoms with E-state index in [1.165, 1.54) is 0 Å². The Morgan fingerprint density at radius 1 is 1.54 bits per heavy atom. The van der Waals surface area contributed by atoms with Gasteiger partial charge in [0.1, 0.15) is 11.4 Å². The first kappa shape index (κ1) is 16.2. The summed E-state index contributed by atoms with van der Waals surface area (Å²) < 4.78 is 0. The normalized spacial score (nSPS) is 21.5. The van der Waals surface area contributed by atoms with Crippen molar-refractivity contribution in [3.63, 3.8) is 0 Å². The summed E-state index contributed by atoms with van der Waals surface area (Å²) in [5, 5.41) is 11.6. The molecule has 0 saturated carbocycles. The summed E-state index contributed by atoms with van der Waals surface area (Å²) in [5.41, 5.74) is 2.22. The lowest BCUT2D eigenvalue weighted by molar-refractivity contribution is -0.131. The third-order valence-corrected chi connectivity index (χ3v) is 4.41. The average molecular weight is 328 g/mol. The Balaban J connectivity index is 1.90. The zero-order valence-corrected chi connectivity index (χ0v) is 13.5. The molecule has 1 aliphatic rings. The van der Waals surface area contributed by atoms with Crippen LogP contribution in [0.15, 0.2) is 30.4 Å². The maximum absolute atomic E-state index is 11.1. The van der Waals surface area contributed by atoms with Gasteiger partial charge in [0.15, 0.2) is 0 Å². The van der Waals surface area contributed by atoms with Gasteiger partial charge >= 0.3 is 5.97 Å². The fourth-order valence-electron chi connectivity index (χ4n) is 3.20. The molecule has 1 atom stereocenters. The zero-order chi connectivity index (χ0) is 17.2. The number of rotatable bonds is 6. The Kier molecular flexibility index (Phi) is 4.35. The number of likely N-dealkylation sites (N-methyl/N-ethyl adjacent to an activating group) is 1. The van der Waals surface area contributed by atoms with Crippen LogP contribution in [0.5, 0.6) is 0 Å². The number of aliphatic carboxylic acids is 1. The van der Waals surface area contributed by atoms with Gasteiger partial charge in [0.2, 0.25) is 6.41 Å². The number of carboxylic acids is 1. The van der Waals surface area contributed by atoms with Gasteiger partial charge in [0, 0.05) is 19.2 Å². The molecule has 126 valence electrons. The van der Waals surface area contributed by atoms with E-state index in [0.29, 0.717) is 13.0 Å². The predicted octanol–water partition coefficient (Wildman–Crippen LogP) is 1.02. The number of nitrogens with one attached hydrogen (secondary N) is 2. The highest BCUT2D eigenvalue weighted by atomic mass is 16.4. The lowest BCUT2D eigenvalue weighted by Gasteiger charge is -2.25. The second-order valence-corrected chi connectivity index (χ2v) is 6.21. The molecular formula is C17H20N4O3. The number of hydrogen-bond donors (Lipinski definition) is 3. The van der Waals surface area contributed by atoms with Crippen molar-refractivity contribution in [2.24, 2.45) is 0 Å². The van der Waals surface area contributed by atoms with Gasteiger partial charge in [-0.25, -0.2) is 9.78 Å². The van der Waals surface area contributed by atoms with Gasteiger partial charge in [-0.05, 0) is 37.6 Å². The Morgan fingerprint density at radius 3 is 3.04 bits per heavy atom. The number of imidazole rings is 1. The van der Waals surface area contributed by atoms with Gasteiger partial charge in [-0.15, -0.1) is 0 Å². The van der Waals surface area contributed by atoms with Crippen molar-refractivity contribution >= 4 is 23.4 Å². The number of allylic oxidation sites excluding steroid dienone is 1. The number of H-pyrrole nitrogens is 1. The second-order valence-electron chi connectivity index (χ2n) is 6.21. The van der Waals surface area contributed by atoms with E-state index in [2.05, 4.69) is 20.2 Å². The summed E-state index contributed by atoms with van der Waals surface area (Å²) in [6, 6.07) is 5.80. The minimum Gasteiger partial charge on any atom is -0.478 e. The molecule has 1 fully saturated rings. The monoisotopic (exact) mass is 328 g/mol. The summed E-state index contributed by atoms with van der Waals surface area (Å²) in [6.07, 6.45) is 4.82. The van der Waals surface area contributed by atoms with Crippen LogP contribution in [0.25, 0.3) is 11.0 Å². The van der Waals surface area contributed by atoms with E-state index < -0.39 is 11.5 Å². The fourth-order valence-corrected chi connectivity index (χ4v) is 3.20. The smallest absolute Gasteiger partial charge is 0.327 e. The number of carbonyl (C=O) groups is 2. The van der Waals surface area contributed by atoms with Crippen LogP contribution in [0.4, 0.5) is 0 Å². The fraction of sp³-hybridized carbons (Fsp3) is 0.353. The van der Waals surface area contributed by atoms with Gasteiger partial charge in [0.05, 0.1) is 11.0 Å². The Hall–Kier alpha value is -2.67. The van der Waals surface area contributed by atoms with Crippen molar-refractivity contribution in [3.05, 3.63) is 41.7 Å². The Morgan fingerprint density at radius 2 is 2.38 bits per heavy atom. The van der Waals surface area contributed by atoms with Gasteiger partial charge in [-0.2, -0.15) is 0 Å². The van der Waals surface area contributed by atoms with E-state index in [1.54, 1.807) is 6.08 Å². The molecule has 1 aliphatic heterocycles. The molecule has 0 bridgehead atoms. The molecule has 2 heterocycles. The Labute approximate surface area is 139 Å². The maximum Gasteiger partial charge on any atom is 0.327 e. The number of carbonyl (C=O) groups excluding carboxylic acids is 1. The predicted molar refractivity (Wildman–Crippen MR) is 89.6 cm³/mol. The molecule has 1 aromatic carbocycles. The van der Waals surface area contributed by atoms with E-state index >= 15 is 0 Å². The first-order valence-electron chi connectivity index (χ1n) is 7.81. The van der Waals surface area contributed by atoms with E-state index in [1.807, 2.05) is 25.2 Å². The molecule has 0 radical (unpaired) electrons. The van der Waals surface area contributed by atoms with Crippen LogP contribution >= 0.6 is 0 Å². The van der Waals surface area contributed by atoms with Gasteiger partial charge in [-0.3, -0.25) is 4.79 Å². The lowest BCUT2D eigenvalue weighted by Crippen LogP contribution is -2.44. The number of nitrogens with zero attached hydrogens (tertiary/aromatic N) is 2. The van der Waals surface area contributed by atoms with Gasteiger partial charge < -0.3 is 20.3 Å². The largest absolute Gasteiger partial charge is 0.478 e. The summed E-state index contributed by atoms with van der Waals surface area (Å²) in [5.74, 6) is -0.195. The minimum atomic E-state index is -0.952. The molecule has 7 nitrogen and oxygen atoms in total. The average Bonchev–Trinajstić information content (AvgIpc) is 3.11. The third kappa shape index (κ3) is 3.16. The number of aromatic amines is 1. The maximum atomic E-state index is 11.1. The van der Waals surface area contributed by atoms with Gasteiger partial charge in [0.25, 0.3) is 0 Å². The number of hydrogen-bond acceptors (Lipinski definition) is 4. The van der Waals surface area contributed by atoms with Gasteiger partial charge in [-0.1, -0.05) is 12.1 Å². The third-order valence-electron chi connectivity index (χ3n) is 4.41. The molecule has 1 aromatic heterocycles. The lowest BCUT2D eigenvalue weighted by atomic mass is 9.98. The molecule has 2 aromatic rings. The molecule has 3 rings (SSSR count). The van der Waals surface area contributed by atoms with Crippen LogP contribution in [0, 0.1) is 0 Å². The standard InChI is InChI=1S/C17H20N4O3/c1-21-8-7-17(10-21,18-11-22)16-19-13-6-5-12(9-14(13)20-16)3-2-4-15(23)24/h2,4-6,9,11H,3,7-8,10H2,1H3,(H,18,22)(H,19,20)(H,23,24). The molecule has 1 amide bonds. The number of aromatic nitrogens is 2. The van der Waals surface area contributed by atoms with Crippen LogP contribution in [0.2, 0.25) is 0 Å². The number of likely N-dealkylation sites (tertiary alicyclic amines) is 1. The highest BCUT2D eigenvalue weighted by Crippen LogP contribution is 2.30. The second kappa shape index (κ2) is 6.45. The summed E-state index contributed by atoms with van der Waals surface area (Å²) in [4.78, 5) is 31.7. The van der Waals surface area contributed by atoms with E-state index in [-0.39, 0.29) is 0 Å². The van der Waals surface area contributed by atoms with Crippen LogP contribution in [0.1, 0.15) is 17.8 Å². The minimum absolute atomic E-state index is 0.487. The zero-order valence-electron chi connectivity index (χ0n) is 13.5. The van der Waals surface area contributed by atoms with E-state index in [0.717, 1.165) is 47.9 Å². The molecule has 7 heteroatoms. The first-order chi connectivity index (χ1) is 11.5. The number of amides is 1. The first-order valence-corrected chi connectivity index (χ1v) is 7.81. The number of carboxylic acid groups (broad SMARTS) is 1. The van der Waals surface area contributed by atoms with Crippen molar-refractivity contribution in [1.82, 2.24) is 20.2 Å². The Bertz CT molecular complexity index is 798. The molecular weight excluding hydrogens is 308 g/mol. The molecule has 1 saturated heterocycles. The number of benzene rings is 1. The van der Waals surface area contributed by atoms with Crippen molar-refractivity contribution in [2.75, 3.05) is 20.1 Å². The van der Waals surface area contributed by atoms with E-state index in [4.69, 9.17) is 5.11 Å². The SMILES string of the molecule is CN1CCC(NC=O)(c2nc3ccc(CC=CC(=O)O)cc3[nH]2)C1. The number of fused-ring (bicyclic) bond motifs is 1. The summed E-state index contributed by atoms with van der Waals surface area (Å²) in [7, 11) is 2.02. The van der Waals surface area contributed by atoms with Crippen molar-refractivity contribution in [3.8, 4) is 0 Å². The topological polar surface area (TPSA) is 98.3 Å². The molecule has 1 unspecified atom stereocenters. The molecule has 3 N–H and O–H groups in total. The molecule has 0 spiro atoms. The van der Waals surface area contributed by atoms with Crippen LogP contribution in [-0.2, 0) is 21.5 Å². The van der Waals surface area contributed by atoms with Crippen molar-refractivity contribution < 1.29 is 14.7 Å². The summed E-state index contributed by atoms with van der Waals surface area (Å²) in [6.45, 7) is 1.60. The van der Waals surface area contributed by atoms with Crippen molar-refractivity contribution in [1.29, 1.82) is 0 Å². The summed E-state index contributed by atoms with van der Waals surface area (Å²) >= 11 is 0. The highest BCUT2D eigenvalue weighted by molar-refractivity contribution is 5.80. The highest BCUT2D eigenvalue weighted by Gasteiger charge is 2.40. The molecule has 24 heavy (non-hydrogen) atoms. The quantitative estimate of drug-likeness (QED) is 0.543. The van der Waals surface area contributed by atoms with Crippen molar-refractivity contribution in [2.45, 2.75) is 18.4 Å². The van der Waals surface area contributed by atoms with Crippen LogP contribution in [-0.4, -0.2) is 52.5 Å². The van der Waals surface area contributed by atoms with E-state index in [9.17, 15) is 9.59 Å². The van der Waals surface area contributed by atoms with Crippen LogP contribution in [0.3, 0.4) is 0 Å². The van der Waals surface area contributed by atoms with Crippen LogP contribution < -0.4 is 5.32 Å². The molecule has 0 aliphatic carbocycles.